The standard InChI is InChI=1S/C27H32N2O3/c1-18(30)29-22(15-19-8-4-3-5-9-19)23-16-27(2)24(12-7-13-25(27)29)28(23)17-20-10-6-11-21(14-20)26(31)32/h3-6,8-11,14,22-25H,7,12-13,15-17H2,1-2H3,(H,31,32)/t22-,23+,24+,25-,27+/m1/s1. The Morgan fingerprint density at radius 1 is 1.03 bits per heavy atom. The summed E-state index contributed by atoms with van der Waals surface area (Å²) in [7, 11) is 0. The van der Waals surface area contributed by atoms with Gasteiger partial charge >= 0.3 is 5.97 Å². The Labute approximate surface area is 190 Å². The monoisotopic (exact) mass is 432 g/mol. The van der Waals surface area contributed by atoms with E-state index >= 15 is 0 Å². The van der Waals surface area contributed by atoms with Gasteiger partial charge in [-0.05, 0) is 55.4 Å². The number of carbonyl (C=O) groups is 2. The maximum absolute atomic E-state index is 13.0. The number of likely N-dealkylation sites (tertiary alicyclic amines) is 2. The number of carboxylic acids is 1. The van der Waals surface area contributed by atoms with Crippen LogP contribution < -0.4 is 0 Å². The highest BCUT2D eigenvalue weighted by Crippen LogP contribution is 2.56. The number of amides is 1. The Balaban J connectivity index is 1.54. The van der Waals surface area contributed by atoms with Crippen molar-refractivity contribution >= 4 is 11.9 Å². The third kappa shape index (κ3) is 3.43. The van der Waals surface area contributed by atoms with Crippen molar-refractivity contribution in [2.24, 2.45) is 5.41 Å². The van der Waals surface area contributed by atoms with Gasteiger partial charge in [0, 0.05) is 37.0 Å². The zero-order valence-corrected chi connectivity index (χ0v) is 18.9. The Morgan fingerprint density at radius 2 is 1.75 bits per heavy atom. The number of hydrogen-bond donors (Lipinski definition) is 1. The molecule has 0 radical (unpaired) electrons. The minimum atomic E-state index is -0.888. The lowest BCUT2D eigenvalue weighted by molar-refractivity contribution is -0.142. The molecule has 2 bridgehead atoms. The normalized spacial score (nSPS) is 31.5. The van der Waals surface area contributed by atoms with E-state index in [2.05, 4.69) is 41.0 Å². The topological polar surface area (TPSA) is 60.9 Å². The first kappa shape index (κ1) is 21.2. The minimum Gasteiger partial charge on any atom is -0.478 e. The molecule has 2 aromatic rings. The maximum atomic E-state index is 13.0. The molecule has 1 saturated carbocycles. The summed E-state index contributed by atoms with van der Waals surface area (Å²) in [6.45, 7) is 4.85. The Kier molecular flexibility index (Phi) is 5.32. The molecule has 1 aliphatic carbocycles. The molecule has 5 atom stereocenters. The first-order valence-electron chi connectivity index (χ1n) is 11.8. The number of nitrogens with zero attached hydrogens (tertiary/aromatic N) is 2. The van der Waals surface area contributed by atoms with Crippen molar-refractivity contribution in [2.75, 3.05) is 0 Å². The Morgan fingerprint density at radius 3 is 2.47 bits per heavy atom. The molecule has 1 N–H and O–H groups in total. The fourth-order valence-corrected chi connectivity index (χ4v) is 7.02. The van der Waals surface area contributed by atoms with Crippen LogP contribution in [0.25, 0.3) is 0 Å². The zero-order valence-electron chi connectivity index (χ0n) is 18.9. The molecule has 2 heterocycles. The van der Waals surface area contributed by atoms with Crippen LogP contribution in [-0.2, 0) is 17.8 Å². The molecule has 2 aromatic carbocycles. The van der Waals surface area contributed by atoms with Crippen molar-refractivity contribution in [2.45, 2.75) is 76.7 Å². The van der Waals surface area contributed by atoms with E-state index in [1.54, 1.807) is 13.0 Å². The molecule has 3 aliphatic rings. The number of piperidine rings is 1. The molecular formula is C27H32N2O3. The highest BCUT2D eigenvalue weighted by atomic mass is 16.4. The van der Waals surface area contributed by atoms with Crippen LogP contribution in [0.2, 0.25) is 0 Å². The summed E-state index contributed by atoms with van der Waals surface area (Å²) in [6.07, 6.45) is 5.31. The first-order valence-corrected chi connectivity index (χ1v) is 11.8. The summed E-state index contributed by atoms with van der Waals surface area (Å²) in [4.78, 5) is 29.3. The predicted octanol–water partition coefficient (Wildman–Crippen LogP) is 4.36. The SMILES string of the molecule is CC(=O)N1[C@H](Cc2ccccc2)[C@@H]2C[C@@]3(C)[C@H](CCC[C@@H]13)N2Cc1cccc(C(=O)O)c1. The molecule has 5 nitrogen and oxygen atoms in total. The smallest absolute Gasteiger partial charge is 0.335 e. The third-order valence-electron chi connectivity index (χ3n) is 8.28. The maximum Gasteiger partial charge on any atom is 0.335 e. The van der Waals surface area contributed by atoms with E-state index in [-0.39, 0.29) is 29.4 Å². The second-order valence-electron chi connectivity index (χ2n) is 10.1. The van der Waals surface area contributed by atoms with E-state index in [0.717, 1.165) is 44.2 Å². The first-order chi connectivity index (χ1) is 15.4. The van der Waals surface area contributed by atoms with Gasteiger partial charge in [-0.3, -0.25) is 9.69 Å². The summed E-state index contributed by atoms with van der Waals surface area (Å²) in [5.41, 5.74) is 2.73. The predicted molar refractivity (Wildman–Crippen MR) is 123 cm³/mol. The van der Waals surface area contributed by atoms with Crippen molar-refractivity contribution in [1.29, 1.82) is 0 Å². The summed E-state index contributed by atoms with van der Waals surface area (Å²) in [5, 5.41) is 9.45. The number of carboxylic acid groups (broad SMARTS) is 1. The Bertz CT molecular complexity index is 1020. The van der Waals surface area contributed by atoms with Crippen molar-refractivity contribution in [3.8, 4) is 0 Å². The largest absolute Gasteiger partial charge is 0.478 e. The van der Waals surface area contributed by atoms with E-state index < -0.39 is 5.97 Å². The fourth-order valence-electron chi connectivity index (χ4n) is 7.02. The van der Waals surface area contributed by atoms with Gasteiger partial charge in [0.2, 0.25) is 5.91 Å². The lowest BCUT2D eigenvalue weighted by Crippen LogP contribution is -2.62. The number of benzene rings is 2. The molecule has 3 fully saturated rings. The van der Waals surface area contributed by atoms with Crippen LogP contribution in [0.4, 0.5) is 0 Å². The third-order valence-corrected chi connectivity index (χ3v) is 8.28. The summed E-state index contributed by atoms with van der Waals surface area (Å²) >= 11 is 0. The molecule has 0 unspecified atom stereocenters. The molecule has 32 heavy (non-hydrogen) atoms. The van der Waals surface area contributed by atoms with E-state index in [0.29, 0.717) is 11.6 Å². The minimum absolute atomic E-state index is 0.0895. The van der Waals surface area contributed by atoms with E-state index in [1.165, 1.54) is 5.56 Å². The average molecular weight is 433 g/mol. The van der Waals surface area contributed by atoms with Crippen molar-refractivity contribution in [1.82, 2.24) is 9.80 Å². The zero-order chi connectivity index (χ0) is 22.5. The van der Waals surface area contributed by atoms with Crippen molar-refractivity contribution < 1.29 is 14.7 Å². The van der Waals surface area contributed by atoms with Crippen LogP contribution in [0.1, 0.15) is 61.0 Å². The summed E-state index contributed by atoms with van der Waals surface area (Å²) in [6, 6.07) is 18.9. The van der Waals surface area contributed by atoms with E-state index in [4.69, 9.17) is 0 Å². The fraction of sp³-hybridized carbons (Fsp3) is 0.481. The molecule has 2 aliphatic heterocycles. The highest BCUT2D eigenvalue weighted by molar-refractivity contribution is 5.87. The second-order valence-corrected chi connectivity index (χ2v) is 10.1. The molecule has 1 amide bonds. The molecule has 5 heteroatoms. The van der Waals surface area contributed by atoms with Crippen LogP contribution in [0.3, 0.4) is 0 Å². The average Bonchev–Trinajstić information content (AvgIpc) is 3.06. The lowest BCUT2D eigenvalue weighted by Gasteiger charge is -2.53. The van der Waals surface area contributed by atoms with Gasteiger partial charge in [0.15, 0.2) is 0 Å². The molecule has 168 valence electrons. The number of aromatic carboxylic acids is 1. The van der Waals surface area contributed by atoms with Crippen LogP contribution in [-0.4, -0.2) is 51.0 Å². The summed E-state index contributed by atoms with van der Waals surface area (Å²) in [5.74, 6) is -0.705. The van der Waals surface area contributed by atoms with Gasteiger partial charge in [0.25, 0.3) is 0 Å². The van der Waals surface area contributed by atoms with Gasteiger partial charge in [-0.25, -0.2) is 4.79 Å². The van der Waals surface area contributed by atoms with Crippen LogP contribution in [0.5, 0.6) is 0 Å². The quantitative estimate of drug-likeness (QED) is 0.763. The van der Waals surface area contributed by atoms with Crippen molar-refractivity contribution in [3.63, 3.8) is 0 Å². The van der Waals surface area contributed by atoms with Gasteiger partial charge in [-0.2, -0.15) is 0 Å². The van der Waals surface area contributed by atoms with Gasteiger partial charge in [0.05, 0.1) is 11.6 Å². The van der Waals surface area contributed by atoms with Gasteiger partial charge in [-0.1, -0.05) is 49.4 Å². The van der Waals surface area contributed by atoms with Crippen LogP contribution in [0.15, 0.2) is 54.6 Å². The number of hydrogen-bond acceptors (Lipinski definition) is 3. The van der Waals surface area contributed by atoms with E-state index in [9.17, 15) is 14.7 Å². The second kappa shape index (κ2) is 8.04. The van der Waals surface area contributed by atoms with E-state index in [1.807, 2.05) is 24.3 Å². The van der Waals surface area contributed by atoms with Gasteiger partial charge in [0.1, 0.15) is 0 Å². The Hall–Kier alpha value is -2.66. The molecule has 0 aromatic heterocycles. The molecule has 2 saturated heterocycles. The highest BCUT2D eigenvalue weighted by Gasteiger charge is 2.62. The number of rotatable bonds is 5. The van der Waals surface area contributed by atoms with Gasteiger partial charge < -0.3 is 10.0 Å². The number of carbonyl (C=O) groups excluding carboxylic acids is 1. The number of fused-ring (bicyclic) bond motifs is 1. The molecule has 0 spiro atoms. The van der Waals surface area contributed by atoms with Gasteiger partial charge in [-0.15, -0.1) is 0 Å². The summed E-state index contributed by atoms with van der Waals surface area (Å²) < 4.78 is 0. The van der Waals surface area contributed by atoms with Crippen molar-refractivity contribution in [3.05, 3.63) is 71.3 Å². The van der Waals surface area contributed by atoms with Crippen LogP contribution in [0, 0.1) is 5.41 Å². The van der Waals surface area contributed by atoms with Crippen LogP contribution >= 0.6 is 0 Å². The lowest BCUT2D eigenvalue weighted by atomic mass is 9.64. The molecule has 5 rings (SSSR count). The molecular weight excluding hydrogens is 400 g/mol.